The summed E-state index contributed by atoms with van der Waals surface area (Å²) >= 11 is 0. The van der Waals surface area contributed by atoms with Crippen molar-refractivity contribution in [1.82, 2.24) is 14.5 Å². The third-order valence-corrected chi connectivity index (χ3v) is 6.13. The largest absolute Gasteiger partial charge is 0.494 e. The van der Waals surface area contributed by atoms with E-state index in [-0.39, 0.29) is 23.9 Å². The molecule has 0 unspecified atom stereocenters. The maximum Gasteiger partial charge on any atom is 0.283 e. The monoisotopic (exact) mass is 483 g/mol. The third kappa shape index (κ3) is 3.73. The smallest absolute Gasteiger partial charge is 0.283 e. The van der Waals surface area contributed by atoms with E-state index in [0.717, 1.165) is 12.1 Å². The van der Waals surface area contributed by atoms with E-state index in [0.29, 0.717) is 41.8 Å². The summed E-state index contributed by atoms with van der Waals surface area (Å²) in [5.74, 6) is -1.36. The van der Waals surface area contributed by atoms with Gasteiger partial charge in [0.15, 0.2) is 28.9 Å². The van der Waals surface area contributed by atoms with Gasteiger partial charge in [-0.2, -0.15) is 0 Å². The van der Waals surface area contributed by atoms with Crippen LogP contribution in [0.4, 0.5) is 19.0 Å². The van der Waals surface area contributed by atoms with Gasteiger partial charge in [-0.25, -0.2) is 23.1 Å². The molecule has 0 radical (unpaired) electrons. The first-order valence-corrected chi connectivity index (χ1v) is 11.2. The summed E-state index contributed by atoms with van der Waals surface area (Å²) in [7, 11) is 1.36. The molecule has 3 aromatic rings. The number of halogens is 3. The van der Waals surface area contributed by atoms with E-state index in [9.17, 15) is 18.0 Å². The Morgan fingerprint density at radius 2 is 1.80 bits per heavy atom. The molecule has 0 bridgehead atoms. The molecule has 35 heavy (non-hydrogen) atoms. The predicted molar refractivity (Wildman–Crippen MR) is 125 cm³/mol. The number of aliphatic imine (C=N–C) groups is 1. The number of nitrogens with zero attached hydrogens (tertiary/aromatic N) is 5. The number of imidazole rings is 1. The quantitative estimate of drug-likeness (QED) is 0.538. The molecule has 3 heterocycles. The number of fused-ring (bicyclic) bond motifs is 3. The number of rotatable bonds is 5. The number of guanidine groups is 1. The topological polar surface area (TPSA) is 63.0 Å². The first-order valence-electron chi connectivity index (χ1n) is 11.2. The van der Waals surface area contributed by atoms with Gasteiger partial charge in [-0.1, -0.05) is 6.07 Å². The summed E-state index contributed by atoms with van der Waals surface area (Å²) in [4.78, 5) is 26.4. The fourth-order valence-electron chi connectivity index (χ4n) is 4.55. The van der Waals surface area contributed by atoms with E-state index in [4.69, 9.17) is 9.73 Å². The van der Waals surface area contributed by atoms with Gasteiger partial charge < -0.3 is 9.30 Å². The van der Waals surface area contributed by atoms with E-state index in [1.165, 1.54) is 25.3 Å². The zero-order valence-corrected chi connectivity index (χ0v) is 19.8. The summed E-state index contributed by atoms with van der Waals surface area (Å²) in [5, 5.41) is 0. The second-order valence-electron chi connectivity index (χ2n) is 9.15. The maximum atomic E-state index is 14.1. The van der Waals surface area contributed by atoms with Crippen molar-refractivity contribution in [3.05, 3.63) is 65.1 Å². The predicted octanol–water partition coefficient (Wildman–Crippen LogP) is 4.45. The number of carbonyl (C=O) groups is 1. The molecule has 0 atom stereocenters. The van der Waals surface area contributed by atoms with E-state index >= 15 is 0 Å². The van der Waals surface area contributed by atoms with Crippen molar-refractivity contribution in [2.75, 3.05) is 25.1 Å². The fourth-order valence-corrected chi connectivity index (χ4v) is 4.55. The zero-order chi connectivity index (χ0) is 25.1. The molecule has 2 aliphatic rings. The minimum absolute atomic E-state index is 0.0221. The summed E-state index contributed by atoms with van der Waals surface area (Å²) < 4.78 is 48.7. The average Bonchev–Trinajstić information content (AvgIpc) is 3.34. The molecule has 0 aliphatic carbocycles. The molecule has 0 spiro atoms. The van der Waals surface area contributed by atoms with Crippen molar-refractivity contribution in [2.45, 2.75) is 32.9 Å². The number of methoxy groups -OCH3 is 1. The van der Waals surface area contributed by atoms with Gasteiger partial charge in [0.05, 0.1) is 25.7 Å². The van der Waals surface area contributed by atoms with Crippen LogP contribution >= 0.6 is 0 Å². The lowest BCUT2D eigenvalue weighted by Gasteiger charge is -2.34. The van der Waals surface area contributed by atoms with Crippen LogP contribution < -0.4 is 9.64 Å². The van der Waals surface area contributed by atoms with Gasteiger partial charge in [-0.3, -0.25) is 14.6 Å². The molecule has 1 amide bonds. The van der Waals surface area contributed by atoms with Gasteiger partial charge >= 0.3 is 0 Å². The van der Waals surface area contributed by atoms with Crippen LogP contribution in [-0.4, -0.2) is 52.1 Å². The highest BCUT2D eigenvalue weighted by atomic mass is 19.2. The van der Waals surface area contributed by atoms with Crippen LogP contribution in [0.1, 0.15) is 36.8 Å². The van der Waals surface area contributed by atoms with Crippen molar-refractivity contribution < 1.29 is 22.7 Å². The van der Waals surface area contributed by atoms with Crippen LogP contribution in [0.15, 0.2) is 41.4 Å². The van der Waals surface area contributed by atoms with Gasteiger partial charge in [0.1, 0.15) is 11.6 Å². The van der Waals surface area contributed by atoms with Crippen molar-refractivity contribution in [3.63, 3.8) is 0 Å². The number of carbonyl (C=O) groups excluding carboxylic acids is 1. The van der Waals surface area contributed by atoms with Crippen LogP contribution in [0.25, 0.3) is 11.4 Å². The number of aromatic nitrogens is 2. The number of hydrogen-bond acceptors (Lipinski definition) is 5. The van der Waals surface area contributed by atoms with Crippen LogP contribution in [-0.2, 0) is 6.54 Å². The molecule has 0 fully saturated rings. The Bertz CT molecular complexity index is 1380. The normalized spacial score (nSPS) is 16.3. The van der Waals surface area contributed by atoms with Crippen LogP contribution in [0, 0.1) is 17.5 Å². The number of anilines is 1. The molecule has 2 aromatic carbocycles. The average molecular weight is 483 g/mol. The SMILES string of the molecule is CCN1C(=O)c2nc(-c3ccc(F)c(OC)c3)n(Cc3ccc(F)c(F)c3)c2N2CC(C)(C)N=C12. The number of benzene rings is 2. The van der Waals surface area contributed by atoms with Crippen molar-refractivity contribution in [3.8, 4) is 17.1 Å². The van der Waals surface area contributed by atoms with Crippen molar-refractivity contribution >= 4 is 17.7 Å². The highest BCUT2D eigenvalue weighted by Gasteiger charge is 2.45. The van der Waals surface area contributed by atoms with E-state index < -0.39 is 23.0 Å². The number of ether oxygens (including phenoxy) is 1. The van der Waals surface area contributed by atoms with Gasteiger partial charge in [-0.05, 0) is 56.7 Å². The van der Waals surface area contributed by atoms with Crippen LogP contribution in [0.5, 0.6) is 5.75 Å². The lowest BCUT2D eigenvalue weighted by Crippen LogP contribution is -2.51. The van der Waals surface area contributed by atoms with Gasteiger partial charge in [0, 0.05) is 12.1 Å². The maximum absolute atomic E-state index is 14.1. The molecule has 5 rings (SSSR count). The van der Waals surface area contributed by atoms with Gasteiger partial charge in [-0.15, -0.1) is 0 Å². The summed E-state index contributed by atoms with van der Waals surface area (Å²) in [6.07, 6.45) is 0. The molecule has 2 aliphatic heterocycles. The summed E-state index contributed by atoms with van der Waals surface area (Å²) in [5.41, 5.74) is 0.736. The fraction of sp³-hybridized carbons (Fsp3) is 0.320. The van der Waals surface area contributed by atoms with E-state index in [1.54, 1.807) is 15.5 Å². The Kier molecular flexibility index (Phi) is 5.34. The highest BCUT2D eigenvalue weighted by molar-refractivity contribution is 6.18. The van der Waals surface area contributed by atoms with Crippen LogP contribution in [0.2, 0.25) is 0 Å². The minimum atomic E-state index is -0.973. The molecule has 7 nitrogen and oxygen atoms in total. The molecular weight excluding hydrogens is 459 g/mol. The Balaban J connectivity index is 1.75. The third-order valence-electron chi connectivity index (χ3n) is 6.13. The zero-order valence-electron chi connectivity index (χ0n) is 19.8. The summed E-state index contributed by atoms with van der Waals surface area (Å²) in [6.45, 7) is 6.79. The van der Waals surface area contributed by atoms with E-state index in [1.807, 2.05) is 25.7 Å². The molecule has 182 valence electrons. The van der Waals surface area contributed by atoms with Crippen LogP contribution in [0.3, 0.4) is 0 Å². The second-order valence-corrected chi connectivity index (χ2v) is 9.15. The number of hydrogen-bond donors (Lipinski definition) is 0. The standard InChI is InChI=1S/C25H24F3N5O2/c1-5-31-23(34)20-22(33-13-25(2,3)30-24(31)33)32(12-14-6-8-16(26)18(28)10-14)21(29-20)15-7-9-17(27)19(11-15)35-4/h6-11H,5,12-13H2,1-4H3. The minimum Gasteiger partial charge on any atom is -0.494 e. The van der Waals surface area contributed by atoms with E-state index in [2.05, 4.69) is 4.98 Å². The lowest BCUT2D eigenvalue weighted by molar-refractivity contribution is 0.0841. The molecule has 0 N–H and O–H groups in total. The highest BCUT2D eigenvalue weighted by Crippen LogP contribution is 2.39. The molecule has 1 aromatic heterocycles. The Hall–Kier alpha value is -3.82. The lowest BCUT2D eigenvalue weighted by atomic mass is 10.1. The van der Waals surface area contributed by atoms with Crippen molar-refractivity contribution in [2.24, 2.45) is 4.99 Å². The van der Waals surface area contributed by atoms with Gasteiger partial charge in [0.2, 0.25) is 5.96 Å². The number of amides is 1. The molecule has 0 saturated heterocycles. The Morgan fingerprint density at radius 1 is 1.06 bits per heavy atom. The van der Waals surface area contributed by atoms with Gasteiger partial charge in [0.25, 0.3) is 5.91 Å². The van der Waals surface area contributed by atoms with Crippen molar-refractivity contribution in [1.29, 1.82) is 0 Å². The Morgan fingerprint density at radius 3 is 2.49 bits per heavy atom. The molecular formula is C25H24F3N5O2. The second kappa shape index (κ2) is 8.14. The first kappa shape index (κ1) is 22.9. The summed E-state index contributed by atoms with van der Waals surface area (Å²) in [6, 6.07) is 7.95. The molecule has 10 heteroatoms. The first-order chi connectivity index (χ1) is 16.6. The molecule has 0 saturated carbocycles. The Labute approximate surface area is 200 Å².